The van der Waals surface area contributed by atoms with E-state index in [0.717, 1.165) is 45.6 Å². The average Bonchev–Trinajstić information content (AvgIpc) is 2.94. The molecule has 2 aliphatic heterocycles. The van der Waals surface area contributed by atoms with Gasteiger partial charge in [-0.25, -0.2) is 0 Å². The van der Waals surface area contributed by atoms with Crippen molar-refractivity contribution in [3.63, 3.8) is 0 Å². The molecule has 1 atom stereocenters. The van der Waals surface area contributed by atoms with E-state index in [4.69, 9.17) is 4.74 Å². The SMILES string of the molecule is C=CC(=O)Nc1cccc(C(=O)N2CCCCC(C3CCOCC3)C2)c1. The number of nitrogens with zero attached hydrogens (tertiary/aromatic N) is 1. The Morgan fingerprint density at radius 3 is 2.73 bits per heavy atom. The second-order valence-electron chi connectivity index (χ2n) is 7.23. The third-order valence-electron chi connectivity index (χ3n) is 5.49. The molecule has 1 unspecified atom stereocenters. The molecule has 1 aromatic rings. The summed E-state index contributed by atoms with van der Waals surface area (Å²) in [5.74, 6) is 1.01. The highest BCUT2D eigenvalue weighted by Crippen LogP contribution is 2.31. The largest absolute Gasteiger partial charge is 0.381 e. The summed E-state index contributed by atoms with van der Waals surface area (Å²) in [5, 5.41) is 2.72. The maximum Gasteiger partial charge on any atom is 0.253 e. The van der Waals surface area contributed by atoms with Gasteiger partial charge in [0, 0.05) is 37.6 Å². The lowest BCUT2D eigenvalue weighted by Crippen LogP contribution is -2.37. The van der Waals surface area contributed by atoms with Gasteiger partial charge in [-0.1, -0.05) is 19.1 Å². The average molecular weight is 356 g/mol. The predicted molar refractivity (Wildman–Crippen MR) is 102 cm³/mol. The van der Waals surface area contributed by atoms with Crippen LogP contribution in [0.1, 0.15) is 42.5 Å². The van der Waals surface area contributed by atoms with Crippen molar-refractivity contribution in [2.75, 3.05) is 31.6 Å². The number of likely N-dealkylation sites (tertiary alicyclic amines) is 1. The van der Waals surface area contributed by atoms with Crippen LogP contribution in [-0.4, -0.2) is 43.0 Å². The van der Waals surface area contributed by atoms with Crippen LogP contribution in [-0.2, 0) is 9.53 Å². The topological polar surface area (TPSA) is 58.6 Å². The van der Waals surface area contributed by atoms with Crippen LogP contribution in [0.2, 0.25) is 0 Å². The maximum atomic E-state index is 13.1. The molecule has 5 heteroatoms. The highest BCUT2D eigenvalue weighted by atomic mass is 16.5. The van der Waals surface area contributed by atoms with Crippen molar-refractivity contribution in [3.8, 4) is 0 Å². The second-order valence-corrected chi connectivity index (χ2v) is 7.23. The predicted octanol–water partition coefficient (Wildman–Crippen LogP) is 3.48. The van der Waals surface area contributed by atoms with Gasteiger partial charge in [0.15, 0.2) is 0 Å². The smallest absolute Gasteiger partial charge is 0.253 e. The van der Waals surface area contributed by atoms with E-state index in [9.17, 15) is 9.59 Å². The summed E-state index contributed by atoms with van der Waals surface area (Å²) in [6.45, 7) is 6.78. The lowest BCUT2D eigenvalue weighted by atomic mass is 9.83. The van der Waals surface area contributed by atoms with E-state index >= 15 is 0 Å². The normalized spacial score (nSPS) is 21.7. The Hall–Kier alpha value is -2.14. The maximum absolute atomic E-state index is 13.1. The number of rotatable bonds is 4. The van der Waals surface area contributed by atoms with E-state index in [1.165, 1.54) is 18.9 Å². The molecule has 0 aliphatic carbocycles. The molecule has 2 amide bonds. The molecule has 3 rings (SSSR count). The summed E-state index contributed by atoms with van der Waals surface area (Å²) in [7, 11) is 0. The molecular formula is C21H28N2O3. The van der Waals surface area contributed by atoms with E-state index in [0.29, 0.717) is 23.1 Å². The van der Waals surface area contributed by atoms with Gasteiger partial charge in [-0.3, -0.25) is 9.59 Å². The number of carbonyl (C=O) groups excluding carboxylic acids is 2. The summed E-state index contributed by atoms with van der Waals surface area (Å²) < 4.78 is 5.50. The molecular weight excluding hydrogens is 328 g/mol. The molecule has 1 aromatic carbocycles. The van der Waals surface area contributed by atoms with E-state index in [-0.39, 0.29) is 11.8 Å². The van der Waals surface area contributed by atoms with Gasteiger partial charge in [0.05, 0.1) is 0 Å². The second kappa shape index (κ2) is 8.99. The number of nitrogens with one attached hydrogen (secondary N) is 1. The summed E-state index contributed by atoms with van der Waals surface area (Å²) in [5.41, 5.74) is 1.25. The molecule has 26 heavy (non-hydrogen) atoms. The fraction of sp³-hybridized carbons (Fsp3) is 0.524. The van der Waals surface area contributed by atoms with Crippen LogP contribution < -0.4 is 5.32 Å². The van der Waals surface area contributed by atoms with Crippen molar-refractivity contribution in [2.45, 2.75) is 32.1 Å². The molecule has 0 radical (unpaired) electrons. The Morgan fingerprint density at radius 1 is 1.15 bits per heavy atom. The number of carbonyl (C=O) groups is 2. The first-order chi connectivity index (χ1) is 12.7. The zero-order valence-corrected chi connectivity index (χ0v) is 15.3. The summed E-state index contributed by atoms with van der Waals surface area (Å²) in [6.07, 6.45) is 6.87. The van der Waals surface area contributed by atoms with Crippen molar-refractivity contribution in [1.29, 1.82) is 0 Å². The number of anilines is 1. The van der Waals surface area contributed by atoms with Crippen LogP contribution in [0.15, 0.2) is 36.9 Å². The van der Waals surface area contributed by atoms with Gasteiger partial charge in [-0.05, 0) is 61.8 Å². The van der Waals surface area contributed by atoms with Crippen LogP contribution in [0.4, 0.5) is 5.69 Å². The van der Waals surface area contributed by atoms with Gasteiger partial charge < -0.3 is 15.0 Å². The van der Waals surface area contributed by atoms with Crippen LogP contribution >= 0.6 is 0 Å². The van der Waals surface area contributed by atoms with Crippen LogP contribution in [0, 0.1) is 11.8 Å². The van der Waals surface area contributed by atoms with Crippen molar-refractivity contribution in [2.24, 2.45) is 11.8 Å². The third kappa shape index (κ3) is 4.73. The monoisotopic (exact) mass is 356 g/mol. The first-order valence-corrected chi connectivity index (χ1v) is 9.58. The van der Waals surface area contributed by atoms with Crippen LogP contribution in [0.25, 0.3) is 0 Å². The van der Waals surface area contributed by atoms with Crippen LogP contribution in [0.5, 0.6) is 0 Å². The summed E-state index contributed by atoms with van der Waals surface area (Å²) in [4.78, 5) is 26.6. The number of hydrogen-bond acceptors (Lipinski definition) is 3. The minimum absolute atomic E-state index is 0.0543. The number of amides is 2. The lowest BCUT2D eigenvalue weighted by Gasteiger charge is -2.32. The van der Waals surface area contributed by atoms with Crippen molar-refractivity contribution in [3.05, 3.63) is 42.5 Å². The molecule has 2 saturated heterocycles. The molecule has 0 bridgehead atoms. The zero-order chi connectivity index (χ0) is 18.4. The third-order valence-corrected chi connectivity index (χ3v) is 5.49. The standard InChI is InChI=1S/C21H28N2O3/c1-2-20(24)22-19-8-5-7-17(14-19)21(25)23-11-4-3-6-18(15-23)16-9-12-26-13-10-16/h2,5,7-8,14,16,18H,1,3-4,6,9-13,15H2,(H,22,24). The Labute approximate surface area is 155 Å². The molecule has 140 valence electrons. The molecule has 2 fully saturated rings. The first kappa shape index (κ1) is 18.6. The Bertz CT molecular complexity index is 652. The molecule has 2 heterocycles. The van der Waals surface area contributed by atoms with Crippen LogP contribution in [0.3, 0.4) is 0 Å². The quantitative estimate of drug-likeness (QED) is 0.840. The zero-order valence-electron chi connectivity index (χ0n) is 15.3. The van der Waals surface area contributed by atoms with E-state index < -0.39 is 0 Å². The van der Waals surface area contributed by atoms with Crippen molar-refractivity contribution < 1.29 is 14.3 Å². The number of ether oxygens (including phenoxy) is 1. The van der Waals surface area contributed by atoms with E-state index in [1.54, 1.807) is 18.2 Å². The number of hydrogen-bond donors (Lipinski definition) is 1. The fourth-order valence-corrected chi connectivity index (χ4v) is 4.04. The molecule has 1 N–H and O–H groups in total. The van der Waals surface area contributed by atoms with Crippen molar-refractivity contribution in [1.82, 2.24) is 4.90 Å². The Morgan fingerprint density at radius 2 is 1.96 bits per heavy atom. The van der Waals surface area contributed by atoms with Gasteiger partial charge in [-0.15, -0.1) is 0 Å². The van der Waals surface area contributed by atoms with E-state index in [1.807, 2.05) is 11.0 Å². The first-order valence-electron chi connectivity index (χ1n) is 9.58. The minimum atomic E-state index is -0.274. The fourth-order valence-electron chi connectivity index (χ4n) is 4.04. The van der Waals surface area contributed by atoms with Gasteiger partial charge in [-0.2, -0.15) is 0 Å². The molecule has 5 nitrogen and oxygen atoms in total. The minimum Gasteiger partial charge on any atom is -0.381 e. The molecule has 0 saturated carbocycles. The van der Waals surface area contributed by atoms with Gasteiger partial charge in [0.25, 0.3) is 5.91 Å². The Balaban J connectivity index is 1.70. The number of benzene rings is 1. The van der Waals surface area contributed by atoms with Gasteiger partial charge in [0.2, 0.25) is 5.91 Å². The van der Waals surface area contributed by atoms with Gasteiger partial charge >= 0.3 is 0 Å². The molecule has 2 aliphatic rings. The summed E-state index contributed by atoms with van der Waals surface area (Å²) in [6, 6.07) is 7.16. The lowest BCUT2D eigenvalue weighted by molar-refractivity contribution is -0.111. The Kier molecular flexibility index (Phi) is 6.45. The van der Waals surface area contributed by atoms with E-state index in [2.05, 4.69) is 11.9 Å². The highest BCUT2D eigenvalue weighted by Gasteiger charge is 2.29. The highest BCUT2D eigenvalue weighted by molar-refractivity contribution is 6.00. The van der Waals surface area contributed by atoms with Crippen molar-refractivity contribution >= 4 is 17.5 Å². The molecule has 0 spiro atoms. The van der Waals surface area contributed by atoms with Gasteiger partial charge in [0.1, 0.15) is 0 Å². The molecule has 0 aromatic heterocycles. The summed E-state index contributed by atoms with van der Waals surface area (Å²) >= 11 is 0.